The zero-order valence-electron chi connectivity index (χ0n) is 14.0. The highest BCUT2D eigenvalue weighted by molar-refractivity contribution is 5.71. The first-order chi connectivity index (χ1) is 11.3. The summed E-state index contributed by atoms with van der Waals surface area (Å²) in [5.41, 5.74) is 2.11. The second-order valence-corrected chi connectivity index (χ2v) is 7.12. The molecule has 1 N–H and O–H groups in total. The summed E-state index contributed by atoms with van der Waals surface area (Å²) in [6, 6.07) is 4.10. The number of nitrogens with one attached hydrogen (secondary N) is 1. The summed E-state index contributed by atoms with van der Waals surface area (Å²) >= 11 is 0. The minimum atomic E-state index is 0.412. The molecule has 2 unspecified atom stereocenters. The summed E-state index contributed by atoms with van der Waals surface area (Å²) in [5, 5.41) is 3.53. The lowest BCUT2D eigenvalue weighted by Crippen LogP contribution is -2.36. The summed E-state index contributed by atoms with van der Waals surface area (Å²) in [4.78, 5) is 12.1. The third kappa shape index (κ3) is 3.00. The Morgan fingerprint density at radius 1 is 1.26 bits per heavy atom. The number of aromatic nitrogens is 3. The van der Waals surface area contributed by atoms with Crippen molar-refractivity contribution in [2.24, 2.45) is 5.92 Å². The van der Waals surface area contributed by atoms with Gasteiger partial charge in [0.1, 0.15) is 11.3 Å². The van der Waals surface area contributed by atoms with Crippen LogP contribution in [0.1, 0.15) is 44.1 Å². The molecule has 2 atom stereocenters. The molecular weight excluding hydrogens is 286 g/mol. The number of piperidine rings is 2. The van der Waals surface area contributed by atoms with Crippen LogP contribution in [0.5, 0.6) is 0 Å². The van der Waals surface area contributed by atoms with Crippen LogP contribution < -0.4 is 5.32 Å². The average molecular weight is 313 g/mol. The summed E-state index contributed by atoms with van der Waals surface area (Å²) in [6.07, 6.45) is 9.77. The monoisotopic (exact) mass is 313 g/mol. The topological polar surface area (TPSA) is 46.0 Å². The van der Waals surface area contributed by atoms with Crippen molar-refractivity contribution >= 4 is 11.2 Å². The Morgan fingerprint density at radius 3 is 3.04 bits per heavy atom. The average Bonchev–Trinajstić information content (AvgIpc) is 2.94. The standard InChI is InChI=1S/C18H27N5/c1-22-11-3-2-8-17(22)23-16(12-14-6-4-9-19-13-14)21-15-7-5-10-20-18(15)23/h5,7,10,14,17,19H,2-4,6,8-9,11-13H2,1H3. The zero-order valence-corrected chi connectivity index (χ0v) is 14.0. The fourth-order valence-corrected chi connectivity index (χ4v) is 4.17. The minimum Gasteiger partial charge on any atom is -0.316 e. The van der Waals surface area contributed by atoms with Crippen LogP contribution in [0.15, 0.2) is 18.3 Å². The normalized spacial score (nSPS) is 26.7. The molecule has 5 nitrogen and oxygen atoms in total. The quantitative estimate of drug-likeness (QED) is 0.946. The van der Waals surface area contributed by atoms with Gasteiger partial charge < -0.3 is 5.32 Å². The van der Waals surface area contributed by atoms with E-state index in [9.17, 15) is 0 Å². The third-order valence-corrected chi connectivity index (χ3v) is 5.42. The van der Waals surface area contributed by atoms with Gasteiger partial charge in [0.05, 0.1) is 6.17 Å². The molecule has 2 fully saturated rings. The maximum absolute atomic E-state index is 4.96. The number of fused-ring (bicyclic) bond motifs is 1. The molecule has 23 heavy (non-hydrogen) atoms. The Bertz CT molecular complexity index is 658. The van der Waals surface area contributed by atoms with Gasteiger partial charge in [-0.2, -0.15) is 0 Å². The van der Waals surface area contributed by atoms with Gasteiger partial charge in [-0.3, -0.25) is 9.47 Å². The Morgan fingerprint density at radius 2 is 2.22 bits per heavy atom. The number of likely N-dealkylation sites (tertiary alicyclic amines) is 1. The highest BCUT2D eigenvalue weighted by Crippen LogP contribution is 2.30. The maximum Gasteiger partial charge on any atom is 0.161 e. The van der Waals surface area contributed by atoms with E-state index in [1.165, 1.54) is 51.0 Å². The largest absolute Gasteiger partial charge is 0.316 e. The maximum atomic E-state index is 4.96. The molecule has 0 saturated carbocycles. The first kappa shape index (κ1) is 15.1. The SMILES string of the molecule is CN1CCCCC1n1c(CC2CCCNC2)nc2cccnc21. The summed E-state index contributed by atoms with van der Waals surface area (Å²) in [7, 11) is 2.24. The van der Waals surface area contributed by atoms with Gasteiger partial charge in [0.2, 0.25) is 0 Å². The number of imidazole rings is 1. The van der Waals surface area contributed by atoms with Gasteiger partial charge in [0.15, 0.2) is 5.65 Å². The Labute approximate surface area is 138 Å². The van der Waals surface area contributed by atoms with Gasteiger partial charge in [-0.25, -0.2) is 9.97 Å². The molecule has 4 heterocycles. The summed E-state index contributed by atoms with van der Waals surface area (Å²) in [6.45, 7) is 3.46. The lowest BCUT2D eigenvalue weighted by Gasteiger charge is -2.35. The highest BCUT2D eigenvalue weighted by Gasteiger charge is 2.27. The number of hydrogen-bond donors (Lipinski definition) is 1. The van der Waals surface area contributed by atoms with E-state index in [4.69, 9.17) is 4.98 Å². The van der Waals surface area contributed by atoms with Crippen molar-refractivity contribution in [2.45, 2.75) is 44.7 Å². The van der Waals surface area contributed by atoms with Crippen molar-refractivity contribution in [1.82, 2.24) is 24.8 Å². The molecule has 0 radical (unpaired) electrons. The van der Waals surface area contributed by atoms with E-state index in [0.29, 0.717) is 12.1 Å². The van der Waals surface area contributed by atoms with Crippen LogP contribution in [0.25, 0.3) is 11.2 Å². The molecule has 0 spiro atoms. The Kier molecular flexibility index (Phi) is 4.31. The van der Waals surface area contributed by atoms with Gasteiger partial charge in [0, 0.05) is 12.6 Å². The van der Waals surface area contributed by atoms with Crippen molar-refractivity contribution in [3.8, 4) is 0 Å². The lowest BCUT2D eigenvalue weighted by atomic mass is 9.96. The lowest BCUT2D eigenvalue weighted by molar-refractivity contribution is 0.126. The van der Waals surface area contributed by atoms with E-state index >= 15 is 0 Å². The number of rotatable bonds is 3. The van der Waals surface area contributed by atoms with E-state index < -0.39 is 0 Å². The molecule has 4 rings (SSSR count). The molecule has 0 aromatic carbocycles. The van der Waals surface area contributed by atoms with Gasteiger partial charge in [0.25, 0.3) is 0 Å². The van der Waals surface area contributed by atoms with Crippen LogP contribution in [-0.2, 0) is 6.42 Å². The van der Waals surface area contributed by atoms with E-state index in [1.54, 1.807) is 0 Å². The molecule has 2 aliphatic rings. The van der Waals surface area contributed by atoms with E-state index in [-0.39, 0.29) is 0 Å². The zero-order chi connectivity index (χ0) is 15.6. The van der Waals surface area contributed by atoms with E-state index in [1.807, 2.05) is 12.3 Å². The van der Waals surface area contributed by atoms with Crippen LogP contribution in [-0.4, -0.2) is 46.1 Å². The Balaban J connectivity index is 1.71. The smallest absolute Gasteiger partial charge is 0.161 e. The van der Waals surface area contributed by atoms with Crippen molar-refractivity contribution in [3.63, 3.8) is 0 Å². The van der Waals surface area contributed by atoms with Gasteiger partial charge in [-0.15, -0.1) is 0 Å². The van der Waals surface area contributed by atoms with Crippen molar-refractivity contribution in [3.05, 3.63) is 24.2 Å². The fraction of sp³-hybridized carbons (Fsp3) is 0.667. The molecule has 2 saturated heterocycles. The molecule has 5 heteroatoms. The molecule has 0 bridgehead atoms. The summed E-state index contributed by atoms with van der Waals surface area (Å²) in [5.74, 6) is 1.93. The number of nitrogens with zero attached hydrogens (tertiary/aromatic N) is 4. The first-order valence-corrected chi connectivity index (χ1v) is 9.06. The molecule has 2 aliphatic heterocycles. The van der Waals surface area contributed by atoms with Gasteiger partial charge in [-0.1, -0.05) is 0 Å². The second-order valence-electron chi connectivity index (χ2n) is 7.12. The molecule has 0 amide bonds. The predicted octanol–water partition coefficient (Wildman–Crippen LogP) is 2.59. The first-order valence-electron chi connectivity index (χ1n) is 9.06. The van der Waals surface area contributed by atoms with Crippen LogP contribution in [0.4, 0.5) is 0 Å². The van der Waals surface area contributed by atoms with Crippen molar-refractivity contribution in [2.75, 3.05) is 26.7 Å². The van der Waals surface area contributed by atoms with Crippen LogP contribution in [0.2, 0.25) is 0 Å². The van der Waals surface area contributed by atoms with Gasteiger partial charge >= 0.3 is 0 Å². The van der Waals surface area contributed by atoms with Crippen molar-refractivity contribution < 1.29 is 0 Å². The molecule has 124 valence electrons. The highest BCUT2D eigenvalue weighted by atomic mass is 15.3. The molecule has 2 aromatic heterocycles. The molecular formula is C18H27N5. The van der Waals surface area contributed by atoms with E-state index in [0.717, 1.165) is 24.1 Å². The van der Waals surface area contributed by atoms with Crippen LogP contribution >= 0.6 is 0 Å². The molecule has 0 aliphatic carbocycles. The van der Waals surface area contributed by atoms with Crippen LogP contribution in [0, 0.1) is 5.92 Å². The van der Waals surface area contributed by atoms with Crippen molar-refractivity contribution in [1.29, 1.82) is 0 Å². The fourth-order valence-electron chi connectivity index (χ4n) is 4.17. The molecule has 2 aromatic rings. The number of hydrogen-bond acceptors (Lipinski definition) is 4. The Hall–Kier alpha value is -1.46. The minimum absolute atomic E-state index is 0.412. The van der Waals surface area contributed by atoms with Crippen LogP contribution in [0.3, 0.4) is 0 Å². The number of pyridine rings is 1. The van der Waals surface area contributed by atoms with Gasteiger partial charge in [-0.05, 0) is 76.8 Å². The predicted molar refractivity (Wildman–Crippen MR) is 92.3 cm³/mol. The third-order valence-electron chi connectivity index (χ3n) is 5.42. The summed E-state index contributed by atoms with van der Waals surface area (Å²) < 4.78 is 2.43. The van der Waals surface area contributed by atoms with E-state index in [2.05, 4.69) is 32.9 Å². The second kappa shape index (κ2) is 6.57.